The Hall–Kier alpha value is -2.06. The van der Waals surface area contributed by atoms with E-state index >= 15 is 0 Å². The zero-order valence-corrected chi connectivity index (χ0v) is 16.5. The van der Waals surface area contributed by atoms with Gasteiger partial charge in [-0.15, -0.1) is 11.8 Å². The number of rotatable bonds is 10. The van der Waals surface area contributed by atoms with Crippen LogP contribution in [0.25, 0.3) is 0 Å². The summed E-state index contributed by atoms with van der Waals surface area (Å²) in [6.45, 7) is 6.64. The third-order valence-corrected chi connectivity index (χ3v) is 5.15. The van der Waals surface area contributed by atoms with E-state index in [0.29, 0.717) is 25.3 Å². The van der Waals surface area contributed by atoms with Gasteiger partial charge in [0.05, 0.1) is 19.4 Å². The number of allylic oxidation sites excluding steroid dienone is 3. The SMILES string of the molecule is C=N/C(C)=C(SC)/C(=C/C=C(/CNC(=O)[C@@H]1CCCN1C=O)OC)CN. The Morgan fingerprint density at radius 3 is 2.77 bits per heavy atom. The molecule has 3 N–H and O–H groups in total. The molecule has 0 unspecified atom stereocenters. The summed E-state index contributed by atoms with van der Waals surface area (Å²) in [7, 11) is 1.54. The van der Waals surface area contributed by atoms with Gasteiger partial charge in [-0.2, -0.15) is 0 Å². The van der Waals surface area contributed by atoms with E-state index in [1.807, 2.05) is 19.3 Å². The van der Waals surface area contributed by atoms with Crippen LogP contribution in [0.15, 0.2) is 39.1 Å². The Morgan fingerprint density at radius 2 is 2.23 bits per heavy atom. The Kier molecular flexibility index (Phi) is 9.75. The lowest BCUT2D eigenvalue weighted by Gasteiger charge is -2.19. The van der Waals surface area contributed by atoms with E-state index in [0.717, 1.165) is 29.0 Å². The average Bonchev–Trinajstić information content (AvgIpc) is 3.15. The van der Waals surface area contributed by atoms with Crippen molar-refractivity contribution in [1.29, 1.82) is 0 Å². The molecule has 8 heteroatoms. The first-order valence-electron chi connectivity index (χ1n) is 8.36. The van der Waals surface area contributed by atoms with Gasteiger partial charge in [-0.25, -0.2) is 0 Å². The highest BCUT2D eigenvalue weighted by molar-refractivity contribution is 8.02. The molecule has 0 aromatic heterocycles. The maximum atomic E-state index is 12.3. The minimum absolute atomic E-state index is 0.169. The van der Waals surface area contributed by atoms with Gasteiger partial charge < -0.3 is 20.7 Å². The van der Waals surface area contributed by atoms with Crippen molar-refractivity contribution in [2.45, 2.75) is 25.8 Å². The van der Waals surface area contributed by atoms with Crippen LogP contribution in [0.3, 0.4) is 0 Å². The molecule has 1 rings (SSSR count). The summed E-state index contributed by atoms with van der Waals surface area (Å²) in [5, 5.41) is 2.82. The van der Waals surface area contributed by atoms with Gasteiger partial charge in [-0.1, -0.05) is 6.08 Å². The topological polar surface area (TPSA) is 97.0 Å². The number of methoxy groups -OCH3 is 1. The Balaban J connectivity index is 2.81. The molecule has 1 fully saturated rings. The van der Waals surface area contributed by atoms with Crippen molar-refractivity contribution in [1.82, 2.24) is 10.2 Å². The number of amides is 2. The molecule has 0 spiro atoms. The molecule has 0 aliphatic carbocycles. The Bertz CT molecular complexity index is 614. The molecule has 26 heavy (non-hydrogen) atoms. The third kappa shape index (κ3) is 6.03. The van der Waals surface area contributed by atoms with Crippen LogP contribution in [0.4, 0.5) is 0 Å². The Morgan fingerprint density at radius 1 is 1.50 bits per heavy atom. The van der Waals surface area contributed by atoms with Crippen LogP contribution in [-0.4, -0.2) is 63.0 Å². The lowest BCUT2D eigenvalue weighted by molar-refractivity contribution is -0.131. The van der Waals surface area contributed by atoms with Crippen molar-refractivity contribution in [2.24, 2.45) is 10.7 Å². The van der Waals surface area contributed by atoms with Gasteiger partial charge in [0.1, 0.15) is 11.8 Å². The molecule has 0 aromatic rings. The van der Waals surface area contributed by atoms with Gasteiger partial charge in [0.2, 0.25) is 12.3 Å². The molecule has 1 heterocycles. The number of hydrogen-bond acceptors (Lipinski definition) is 6. The number of hydrogen-bond donors (Lipinski definition) is 2. The standard InChI is InChI=1S/C18H28N4O3S/c1-13(20-2)17(26-4)14(10-19)7-8-15(25-3)11-21-18(24)16-6-5-9-22(16)12-23/h7-8,12,16H,2,5-6,9-11,19H2,1,3-4H3,(H,21,24)/b14-7+,15-8-,17-13-/t16-/m0/s1. The highest BCUT2D eigenvalue weighted by Crippen LogP contribution is 2.25. The van der Waals surface area contributed by atoms with E-state index in [-0.39, 0.29) is 12.5 Å². The lowest BCUT2D eigenvalue weighted by Crippen LogP contribution is -2.43. The monoisotopic (exact) mass is 380 g/mol. The fourth-order valence-corrected chi connectivity index (χ4v) is 3.47. The second-order valence-electron chi connectivity index (χ2n) is 5.73. The zero-order chi connectivity index (χ0) is 19.5. The number of carbonyl (C=O) groups excluding carboxylic acids is 2. The number of nitrogens with zero attached hydrogens (tertiary/aromatic N) is 2. The van der Waals surface area contributed by atoms with E-state index in [1.54, 1.807) is 24.9 Å². The molecule has 1 saturated heterocycles. The molecule has 1 aliphatic rings. The number of nitrogens with one attached hydrogen (secondary N) is 1. The summed E-state index contributed by atoms with van der Waals surface area (Å²) in [5.41, 5.74) is 7.57. The lowest BCUT2D eigenvalue weighted by atomic mass is 10.2. The van der Waals surface area contributed by atoms with Crippen molar-refractivity contribution < 1.29 is 14.3 Å². The molecule has 1 atom stereocenters. The van der Waals surface area contributed by atoms with Gasteiger partial charge in [-0.3, -0.25) is 14.6 Å². The second kappa shape index (κ2) is 11.5. The number of nitrogens with two attached hydrogens (primary N) is 1. The largest absolute Gasteiger partial charge is 0.499 e. The molecule has 0 saturated carbocycles. The smallest absolute Gasteiger partial charge is 0.243 e. The highest BCUT2D eigenvalue weighted by Gasteiger charge is 2.29. The molecule has 1 aliphatic heterocycles. The normalized spacial score (nSPS) is 19.1. The maximum absolute atomic E-state index is 12.3. The summed E-state index contributed by atoms with van der Waals surface area (Å²) in [4.78, 5) is 29.7. The van der Waals surface area contributed by atoms with E-state index in [2.05, 4.69) is 17.0 Å². The van der Waals surface area contributed by atoms with Gasteiger partial charge >= 0.3 is 0 Å². The molecular formula is C18H28N4O3S. The van der Waals surface area contributed by atoms with Crippen molar-refractivity contribution in [2.75, 3.05) is 33.0 Å². The van der Waals surface area contributed by atoms with Gasteiger partial charge in [0.15, 0.2) is 0 Å². The van der Waals surface area contributed by atoms with Crippen LogP contribution in [0.2, 0.25) is 0 Å². The summed E-state index contributed by atoms with van der Waals surface area (Å²) >= 11 is 1.55. The van der Waals surface area contributed by atoms with Crippen LogP contribution in [0, 0.1) is 0 Å². The minimum Gasteiger partial charge on any atom is -0.499 e. The van der Waals surface area contributed by atoms with E-state index < -0.39 is 6.04 Å². The minimum atomic E-state index is -0.395. The molecule has 7 nitrogen and oxygen atoms in total. The molecule has 144 valence electrons. The van der Waals surface area contributed by atoms with Gasteiger partial charge in [0, 0.05) is 18.0 Å². The van der Waals surface area contributed by atoms with E-state index in [4.69, 9.17) is 10.5 Å². The zero-order valence-electron chi connectivity index (χ0n) is 15.7. The predicted octanol–water partition coefficient (Wildman–Crippen LogP) is 1.43. The first-order valence-corrected chi connectivity index (χ1v) is 9.59. The highest BCUT2D eigenvalue weighted by atomic mass is 32.2. The first kappa shape index (κ1) is 22.0. The average molecular weight is 381 g/mol. The third-order valence-electron chi connectivity index (χ3n) is 4.18. The number of aliphatic imine (C=N–C) groups is 1. The van der Waals surface area contributed by atoms with Crippen molar-refractivity contribution in [3.05, 3.63) is 34.1 Å². The summed E-state index contributed by atoms with van der Waals surface area (Å²) < 4.78 is 5.33. The van der Waals surface area contributed by atoms with Crippen LogP contribution in [0.1, 0.15) is 19.8 Å². The van der Waals surface area contributed by atoms with E-state index in [1.165, 1.54) is 4.90 Å². The number of ether oxygens (including phenoxy) is 1. The second-order valence-corrected chi connectivity index (χ2v) is 6.55. The first-order chi connectivity index (χ1) is 12.5. The van der Waals surface area contributed by atoms with Crippen molar-refractivity contribution in [3.8, 4) is 0 Å². The summed E-state index contributed by atoms with van der Waals surface area (Å²) in [6, 6.07) is -0.395. The number of carbonyl (C=O) groups is 2. The summed E-state index contributed by atoms with van der Waals surface area (Å²) in [5.74, 6) is 0.418. The number of thioether (sulfide) groups is 1. The van der Waals surface area contributed by atoms with Crippen LogP contribution in [-0.2, 0) is 14.3 Å². The Labute approximate surface area is 159 Å². The van der Waals surface area contributed by atoms with Gasteiger partial charge in [0.25, 0.3) is 0 Å². The molecule has 0 bridgehead atoms. The van der Waals surface area contributed by atoms with Crippen LogP contribution < -0.4 is 11.1 Å². The summed E-state index contributed by atoms with van der Waals surface area (Å²) in [6.07, 6.45) is 7.85. The fourth-order valence-electron chi connectivity index (χ4n) is 2.70. The van der Waals surface area contributed by atoms with Crippen molar-refractivity contribution >= 4 is 30.8 Å². The molecule has 0 radical (unpaired) electrons. The molecule has 0 aromatic carbocycles. The van der Waals surface area contributed by atoms with Crippen LogP contribution in [0.5, 0.6) is 0 Å². The maximum Gasteiger partial charge on any atom is 0.243 e. The van der Waals surface area contributed by atoms with E-state index in [9.17, 15) is 9.59 Å². The predicted molar refractivity (Wildman–Crippen MR) is 107 cm³/mol. The molecular weight excluding hydrogens is 352 g/mol. The van der Waals surface area contributed by atoms with Crippen LogP contribution >= 0.6 is 11.8 Å². The fraction of sp³-hybridized carbons (Fsp3) is 0.500. The molecule has 2 amide bonds. The quantitative estimate of drug-likeness (QED) is 0.259. The van der Waals surface area contributed by atoms with Gasteiger partial charge in [-0.05, 0) is 44.4 Å². The number of likely N-dealkylation sites (tertiary alicyclic amines) is 1. The van der Waals surface area contributed by atoms with Crippen molar-refractivity contribution in [3.63, 3.8) is 0 Å².